The summed E-state index contributed by atoms with van der Waals surface area (Å²) >= 11 is 13.4. The zero-order valence-electron chi connectivity index (χ0n) is 16.0. The van der Waals surface area contributed by atoms with Crippen molar-refractivity contribution in [2.24, 2.45) is 0 Å². The van der Waals surface area contributed by atoms with Crippen LogP contribution in [0.25, 0.3) is 10.1 Å². The quantitative estimate of drug-likeness (QED) is 0.458. The number of thiophene rings is 1. The number of amides is 1. The number of ether oxygens (including phenoxy) is 1. The van der Waals surface area contributed by atoms with E-state index in [0.717, 1.165) is 28.9 Å². The maximum Gasteiger partial charge on any atom is 0.350 e. The average Bonchev–Trinajstić information content (AvgIpc) is 3.04. The van der Waals surface area contributed by atoms with Crippen LogP contribution in [0.5, 0.6) is 0 Å². The van der Waals surface area contributed by atoms with Crippen LogP contribution >= 0.6 is 34.5 Å². The van der Waals surface area contributed by atoms with Gasteiger partial charge in [0.15, 0.2) is 6.61 Å². The first kappa shape index (κ1) is 21.4. The number of hydrogen-bond acceptors (Lipinski definition) is 5. The molecule has 0 radical (unpaired) electrons. The lowest BCUT2D eigenvalue weighted by Gasteiger charge is -2.21. The van der Waals surface area contributed by atoms with Gasteiger partial charge in [-0.2, -0.15) is 0 Å². The molecule has 0 saturated carbocycles. The van der Waals surface area contributed by atoms with E-state index in [1.165, 1.54) is 11.3 Å². The number of carbonyl (C=O) groups is 2. The highest BCUT2D eigenvalue weighted by atomic mass is 35.5. The van der Waals surface area contributed by atoms with E-state index in [-0.39, 0.29) is 4.88 Å². The Hall–Kier alpha value is -2.28. The third-order valence-electron chi connectivity index (χ3n) is 4.39. The first-order chi connectivity index (χ1) is 13.9. The number of nitrogens with one attached hydrogen (secondary N) is 1. The Morgan fingerprint density at radius 3 is 2.41 bits per heavy atom. The molecule has 0 bridgehead atoms. The Bertz CT molecular complexity index is 1030. The molecule has 0 saturated heterocycles. The van der Waals surface area contributed by atoms with Crippen molar-refractivity contribution >= 4 is 67.9 Å². The van der Waals surface area contributed by atoms with Gasteiger partial charge in [0.25, 0.3) is 5.91 Å². The second-order valence-electron chi connectivity index (χ2n) is 6.23. The number of esters is 1. The third kappa shape index (κ3) is 5.01. The van der Waals surface area contributed by atoms with Crippen molar-refractivity contribution < 1.29 is 14.3 Å². The Balaban J connectivity index is 1.59. The monoisotopic (exact) mass is 450 g/mol. The number of anilines is 2. The number of nitrogens with zero attached hydrogens (tertiary/aromatic N) is 1. The van der Waals surface area contributed by atoms with E-state index in [9.17, 15) is 9.59 Å². The van der Waals surface area contributed by atoms with E-state index < -0.39 is 18.5 Å². The number of benzene rings is 2. The van der Waals surface area contributed by atoms with Gasteiger partial charge < -0.3 is 15.0 Å². The van der Waals surface area contributed by atoms with Crippen LogP contribution in [-0.4, -0.2) is 31.6 Å². The van der Waals surface area contributed by atoms with Crippen molar-refractivity contribution in [2.45, 2.75) is 13.8 Å². The van der Waals surface area contributed by atoms with Crippen LogP contribution < -0.4 is 10.2 Å². The molecule has 2 aromatic carbocycles. The van der Waals surface area contributed by atoms with Gasteiger partial charge in [0.2, 0.25) is 0 Å². The normalized spacial score (nSPS) is 10.8. The molecule has 0 spiro atoms. The van der Waals surface area contributed by atoms with Gasteiger partial charge >= 0.3 is 5.97 Å². The molecule has 1 aromatic heterocycles. The van der Waals surface area contributed by atoms with Crippen LogP contribution in [-0.2, 0) is 9.53 Å². The molecule has 3 rings (SSSR count). The third-order valence-corrected chi connectivity index (χ3v) is 6.26. The highest BCUT2D eigenvalue weighted by Crippen LogP contribution is 2.37. The summed E-state index contributed by atoms with van der Waals surface area (Å²) in [6.45, 7) is 5.59. The topological polar surface area (TPSA) is 58.6 Å². The van der Waals surface area contributed by atoms with Gasteiger partial charge in [0, 0.05) is 39.6 Å². The molecule has 1 amide bonds. The van der Waals surface area contributed by atoms with Crippen LogP contribution in [0.2, 0.25) is 10.0 Å². The molecule has 0 unspecified atom stereocenters. The second kappa shape index (κ2) is 9.48. The lowest BCUT2D eigenvalue weighted by atomic mass is 10.2. The lowest BCUT2D eigenvalue weighted by molar-refractivity contribution is -0.119. The van der Waals surface area contributed by atoms with Crippen molar-refractivity contribution in [1.29, 1.82) is 0 Å². The number of fused-ring (bicyclic) bond motifs is 1. The molecular weight excluding hydrogens is 431 g/mol. The van der Waals surface area contributed by atoms with Crippen LogP contribution in [0.1, 0.15) is 23.5 Å². The molecule has 5 nitrogen and oxygen atoms in total. The SMILES string of the molecule is CCN(CC)c1ccc(NC(=O)COC(=O)c2sc3cc(Cl)ccc3c2Cl)cc1. The standard InChI is InChI=1S/C21H20Cl2N2O3S/c1-3-25(4-2)15-8-6-14(7-9-15)24-18(26)12-28-21(27)20-19(23)16-10-5-13(22)11-17(16)29-20/h5-11H,3-4,12H2,1-2H3,(H,24,26). The number of hydrogen-bond donors (Lipinski definition) is 1. The number of carbonyl (C=O) groups excluding carboxylic acids is 2. The fourth-order valence-corrected chi connectivity index (χ4v) is 4.59. The predicted octanol–water partition coefficient (Wildman–Crippen LogP) is 5.85. The van der Waals surface area contributed by atoms with Gasteiger partial charge in [-0.05, 0) is 50.2 Å². The smallest absolute Gasteiger partial charge is 0.350 e. The molecule has 0 aliphatic heterocycles. The van der Waals surface area contributed by atoms with E-state index in [1.54, 1.807) is 18.2 Å². The Kier molecular flexibility index (Phi) is 7.00. The summed E-state index contributed by atoms with van der Waals surface area (Å²) in [7, 11) is 0. The van der Waals surface area contributed by atoms with E-state index >= 15 is 0 Å². The van der Waals surface area contributed by atoms with Gasteiger partial charge in [0.1, 0.15) is 4.88 Å². The van der Waals surface area contributed by atoms with E-state index in [0.29, 0.717) is 15.7 Å². The van der Waals surface area contributed by atoms with Crippen LogP contribution in [0.15, 0.2) is 42.5 Å². The molecule has 1 heterocycles. The van der Waals surface area contributed by atoms with Crippen molar-refractivity contribution in [3.8, 4) is 0 Å². The van der Waals surface area contributed by atoms with Crippen molar-refractivity contribution in [2.75, 3.05) is 29.9 Å². The first-order valence-electron chi connectivity index (χ1n) is 9.12. The van der Waals surface area contributed by atoms with Crippen molar-refractivity contribution in [3.05, 3.63) is 57.4 Å². The molecule has 0 fully saturated rings. The van der Waals surface area contributed by atoms with Gasteiger partial charge in [0.05, 0.1) is 5.02 Å². The van der Waals surface area contributed by atoms with Crippen molar-refractivity contribution in [3.63, 3.8) is 0 Å². The molecule has 0 atom stereocenters. The predicted molar refractivity (Wildman–Crippen MR) is 121 cm³/mol. The summed E-state index contributed by atoms with van der Waals surface area (Å²) in [6.07, 6.45) is 0. The Morgan fingerprint density at radius 2 is 1.76 bits per heavy atom. The first-order valence-corrected chi connectivity index (χ1v) is 10.7. The molecule has 3 aromatic rings. The molecule has 152 valence electrons. The largest absolute Gasteiger partial charge is 0.451 e. The Labute approximate surface area is 183 Å². The summed E-state index contributed by atoms with van der Waals surface area (Å²) in [5.41, 5.74) is 1.72. The Morgan fingerprint density at radius 1 is 1.07 bits per heavy atom. The molecule has 0 aliphatic carbocycles. The highest BCUT2D eigenvalue weighted by Gasteiger charge is 2.19. The van der Waals surface area contributed by atoms with E-state index in [1.807, 2.05) is 24.3 Å². The summed E-state index contributed by atoms with van der Waals surface area (Å²) in [6, 6.07) is 12.7. The van der Waals surface area contributed by atoms with Gasteiger partial charge in [-0.15, -0.1) is 11.3 Å². The van der Waals surface area contributed by atoms with E-state index in [2.05, 4.69) is 24.1 Å². The maximum absolute atomic E-state index is 12.3. The van der Waals surface area contributed by atoms with Crippen LogP contribution in [0.4, 0.5) is 11.4 Å². The zero-order valence-corrected chi connectivity index (χ0v) is 18.3. The molecule has 0 aliphatic rings. The summed E-state index contributed by atoms with van der Waals surface area (Å²) in [5, 5.41) is 4.31. The summed E-state index contributed by atoms with van der Waals surface area (Å²) in [5.74, 6) is -1.06. The minimum Gasteiger partial charge on any atom is -0.451 e. The zero-order chi connectivity index (χ0) is 21.0. The average molecular weight is 451 g/mol. The minimum absolute atomic E-state index is 0.250. The fourth-order valence-electron chi connectivity index (χ4n) is 2.91. The number of halogens is 2. The van der Waals surface area contributed by atoms with Gasteiger partial charge in [-0.25, -0.2) is 4.79 Å². The molecule has 29 heavy (non-hydrogen) atoms. The summed E-state index contributed by atoms with van der Waals surface area (Å²) < 4.78 is 5.92. The molecular formula is C21H20Cl2N2O3S. The minimum atomic E-state index is -0.639. The van der Waals surface area contributed by atoms with Gasteiger partial charge in [-0.3, -0.25) is 4.79 Å². The maximum atomic E-state index is 12.3. The van der Waals surface area contributed by atoms with Crippen molar-refractivity contribution in [1.82, 2.24) is 0 Å². The number of rotatable bonds is 7. The van der Waals surface area contributed by atoms with Gasteiger partial charge in [-0.1, -0.05) is 29.3 Å². The van der Waals surface area contributed by atoms with E-state index in [4.69, 9.17) is 27.9 Å². The molecule has 1 N–H and O–H groups in total. The fraction of sp³-hybridized carbons (Fsp3) is 0.238. The second-order valence-corrected chi connectivity index (χ2v) is 8.10. The molecule has 8 heteroatoms. The summed E-state index contributed by atoms with van der Waals surface area (Å²) in [4.78, 5) is 26.9. The highest BCUT2D eigenvalue weighted by molar-refractivity contribution is 7.21. The lowest BCUT2D eigenvalue weighted by Crippen LogP contribution is -2.22. The van der Waals surface area contributed by atoms with Crippen LogP contribution in [0, 0.1) is 0 Å². The van der Waals surface area contributed by atoms with Crippen LogP contribution in [0.3, 0.4) is 0 Å².